The van der Waals surface area contributed by atoms with Crippen molar-refractivity contribution < 1.29 is 23.5 Å². The van der Waals surface area contributed by atoms with Crippen molar-refractivity contribution in [1.82, 2.24) is 14.7 Å². The van der Waals surface area contributed by atoms with E-state index in [4.69, 9.17) is 25.5 Å². The largest absolute Gasteiger partial charge is 0.455 e. The Morgan fingerprint density at radius 3 is 2.25 bits per heavy atom. The van der Waals surface area contributed by atoms with Crippen LogP contribution in [0.3, 0.4) is 0 Å². The molecule has 1 fully saturated rings. The number of fused-ring (bicyclic) bond motifs is 1. The molecule has 2 aliphatic heterocycles. The second kappa shape index (κ2) is 10.6. The van der Waals surface area contributed by atoms with Gasteiger partial charge in [0.05, 0.1) is 6.54 Å². The molecule has 0 radical (unpaired) electrons. The van der Waals surface area contributed by atoms with E-state index in [2.05, 4.69) is 4.90 Å². The van der Waals surface area contributed by atoms with Crippen LogP contribution in [0.2, 0.25) is 5.02 Å². The smallest absolute Gasteiger partial charge is 0.289 e. The molecule has 0 aliphatic carbocycles. The summed E-state index contributed by atoms with van der Waals surface area (Å²) in [6, 6.07) is 17.3. The first-order valence-corrected chi connectivity index (χ1v) is 12.3. The van der Waals surface area contributed by atoms with Crippen LogP contribution in [0.25, 0.3) is 0 Å². The highest BCUT2D eigenvalue weighted by Crippen LogP contribution is 2.33. The number of carbonyl (C=O) groups is 2. The second-order valence-electron chi connectivity index (χ2n) is 9.02. The van der Waals surface area contributed by atoms with Gasteiger partial charge >= 0.3 is 0 Å². The van der Waals surface area contributed by atoms with E-state index in [1.54, 1.807) is 22.8 Å². The molecule has 0 unspecified atom stereocenters. The standard InChI is InChI=1S/C27H28ClN3O5/c1-19(32)30-10-12-31(13-11-30)27(33)25-9-7-23(36-25)17-29(15-20-2-5-22(28)6-3-20)16-21-4-8-24-26(14-21)35-18-34-24/h2-9,14H,10-13,15-18H2,1H3. The number of benzene rings is 2. The summed E-state index contributed by atoms with van der Waals surface area (Å²) in [7, 11) is 0. The van der Waals surface area contributed by atoms with Crippen molar-refractivity contribution in [2.45, 2.75) is 26.6 Å². The molecule has 9 heteroatoms. The highest BCUT2D eigenvalue weighted by atomic mass is 35.5. The first-order valence-electron chi connectivity index (χ1n) is 11.9. The van der Waals surface area contributed by atoms with Crippen molar-refractivity contribution in [3.63, 3.8) is 0 Å². The lowest BCUT2D eigenvalue weighted by atomic mass is 10.1. The number of rotatable bonds is 7. The summed E-state index contributed by atoms with van der Waals surface area (Å²) in [5, 5.41) is 0.694. The first kappa shape index (κ1) is 24.2. The third-order valence-corrected chi connectivity index (χ3v) is 6.68. The zero-order valence-electron chi connectivity index (χ0n) is 20.1. The fourth-order valence-electron chi connectivity index (χ4n) is 4.49. The monoisotopic (exact) mass is 509 g/mol. The molecule has 36 heavy (non-hydrogen) atoms. The van der Waals surface area contributed by atoms with Gasteiger partial charge in [0.1, 0.15) is 5.76 Å². The van der Waals surface area contributed by atoms with Gasteiger partial charge in [0.25, 0.3) is 5.91 Å². The summed E-state index contributed by atoms with van der Waals surface area (Å²) in [5.41, 5.74) is 2.20. The van der Waals surface area contributed by atoms with E-state index in [9.17, 15) is 9.59 Å². The lowest BCUT2D eigenvalue weighted by Gasteiger charge is -2.33. The molecule has 8 nitrogen and oxygen atoms in total. The number of furan rings is 1. The molecule has 3 heterocycles. The Bertz CT molecular complexity index is 1230. The summed E-state index contributed by atoms with van der Waals surface area (Å²) in [4.78, 5) is 30.3. The normalized spacial score (nSPS) is 15.0. The molecule has 2 aliphatic rings. The second-order valence-corrected chi connectivity index (χ2v) is 9.46. The topological polar surface area (TPSA) is 75.5 Å². The van der Waals surface area contributed by atoms with Crippen LogP contribution in [0.1, 0.15) is 34.4 Å². The maximum atomic E-state index is 13.0. The summed E-state index contributed by atoms with van der Waals surface area (Å²) < 4.78 is 17.0. The highest BCUT2D eigenvalue weighted by molar-refractivity contribution is 6.30. The van der Waals surface area contributed by atoms with E-state index in [1.807, 2.05) is 48.5 Å². The minimum atomic E-state index is -0.149. The van der Waals surface area contributed by atoms with Gasteiger partial charge < -0.3 is 23.7 Å². The molecule has 0 saturated carbocycles. The van der Waals surface area contributed by atoms with Crippen LogP contribution in [0.15, 0.2) is 59.0 Å². The van der Waals surface area contributed by atoms with Crippen LogP contribution in [-0.4, -0.2) is 59.5 Å². The van der Waals surface area contributed by atoms with Crippen LogP contribution in [0, 0.1) is 0 Å². The van der Waals surface area contributed by atoms with Gasteiger partial charge in [-0.15, -0.1) is 0 Å². The summed E-state index contributed by atoms with van der Waals surface area (Å²) in [5.74, 6) is 2.40. The van der Waals surface area contributed by atoms with Gasteiger partial charge in [-0.2, -0.15) is 0 Å². The van der Waals surface area contributed by atoms with Gasteiger partial charge in [0.2, 0.25) is 12.7 Å². The number of hydrogen-bond donors (Lipinski definition) is 0. The van der Waals surface area contributed by atoms with E-state index >= 15 is 0 Å². The Morgan fingerprint density at radius 2 is 1.50 bits per heavy atom. The average Bonchev–Trinajstić information content (AvgIpc) is 3.54. The number of ether oxygens (including phenoxy) is 2. The van der Waals surface area contributed by atoms with Crippen molar-refractivity contribution >= 4 is 23.4 Å². The van der Waals surface area contributed by atoms with Crippen molar-refractivity contribution in [2.75, 3.05) is 33.0 Å². The van der Waals surface area contributed by atoms with Gasteiger partial charge in [-0.3, -0.25) is 14.5 Å². The summed E-state index contributed by atoms with van der Waals surface area (Å²) in [6.45, 7) is 5.71. The Kier molecular flexibility index (Phi) is 7.16. The Balaban J connectivity index is 1.28. The maximum Gasteiger partial charge on any atom is 0.289 e. The molecular formula is C27H28ClN3O5. The number of amides is 2. The molecule has 0 atom stereocenters. The van der Waals surface area contributed by atoms with Crippen LogP contribution < -0.4 is 9.47 Å². The number of piperazine rings is 1. The van der Waals surface area contributed by atoms with Gasteiger partial charge in [0, 0.05) is 51.2 Å². The summed E-state index contributed by atoms with van der Waals surface area (Å²) in [6.07, 6.45) is 0. The Labute approximate surface area is 214 Å². The minimum absolute atomic E-state index is 0.0330. The molecule has 5 rings (SSSR count). The molecule has 0 N–H and O–H groups in total. The van der Waals surface area contributed by atoms with Crippen molar-refractivity contribution in [2.24, 2.45) is 0 Å². The van der Waals surface area contributed by atoms with E-state index in [0.717, 1.165) is 22.6 Å². The molecule has 188 valence electrons. The van der Waals surface area contributed by atoms with Crippen LogP contribution in [-0.2, 0) is 24.4 Å². The predicted molar refractivity (Wildman–Crippen MR) is 134 cm³/mol. The van der Waals surface area contributed by atoms with E-state index in [1.165, 1.54) is 0 Å². The van der Waals surface area contributed by atoms with E-state index < -0.39 is 0 Å². The van der Waals surface area contributed by atoms with Crippen LogP contribution in [0.5, 0.6) is 11.5 Å². The van der Waals surface area contributed by atoms with Crippen LogP contribution >= 0.6 is 11.6 Å². The summed E-state index contributed by atoms with van der Waals surface area (Å²) >= 11 is 6.07. The number of nitrogens with zero attached hydrogens (tertiary/aromatic N) is 3. The number of carbonyl (C=O) groups excluding carboxylic acids is 2. The SMILES string of the molecule is CC(=O)N1CCN(C(=O)c2ccc(CN(Cc3ccc(Cl)cc3)Cc3ccc4c(c3)OCO4)o2)CC1. The van der Waals surface area contributed by atoms with Gasteiger partial charge in [0.15, 0.2) is 17.3 Å². The van der Waals surface area contributed by atoms with Crippen LogP contribution in [0.4, 0.5) is 0 Å². The lowest BCUT2D eigenvalue weighted by molar-refractivity contribution is -0.130. The molecular weight excluding hydrogens is 482 g/mol. The van der Waals surface area contributed by atoms with Crippen molar-refractivity contribution in [1.29, 1.82) is 0 Å². The Morgan fingerprint density at radius 1 is 0.833 bits per heavy atom. The van der Waals surface area contributed by atoms with Gasteiger partial charge in [-0.05, 0) is 47.5 Å². The maximum absolute atomic E-state index is 13.0. The van der Waals surface area contributed by atoms with Gasteiger partial charge in [-0.1, -0.05) is 29.8 Å². The fourth-order valence-corrected chi connectivity index (χ4v) is 4.62. The average molecular weight is 510 g/mol. The third kappa shape index (κ3) is 5.66. The fraction of sp³-hybridized carbons (Fsp3) is 0.333. The van der Waals surface area contributed by atoms with Crippen molar-refractivity contribution in [3.05, 3.63) is 82.3 Å². The zero-order valence-corrected chi connectivity index (χ0v) is 20.9. The number of hydrogen-bond acceptors (Lipinski definition) is 6. The molecule has 0 bridgehead atoms. The Hall–Kier alpha value is -3.49. The lowest BCUT2D eigenvalue weighted by Crippen LogP contribution is -2.50. The molecule has 3 aromatic rings. The molecule has 1 saturated heterocycles. The molecule has 2 amide bonds. The minimum Gasteiger partial charge on any atom is -0.455 e. The van der Waals surface area contributed by atoms with Crippen molar-refractivity contribution in [3.8, 4) is 11.5 Å². The van der Waals surface area contributed by atoms with Gasteiger partial charge in [-0.25, -0.2) is 0 Å². The number of halogens is 1. The quantitative estimate of drug-likeness (QED) is 0.476. The molecule has 0 spiro atoms. The molecule has 2 aromatic carbocycles. The first-order chi connectivity index (χ1) is 17.4. The highest BCUT2D eigenvalue weighted by Gasteiger charge is 2.25. The van der Waals surface area contributed by atoms with E-state index in [-0.39, 0.29) is 18.6 Å². The van der Waals surface area contributed by atoms with E-state index in [0.29, 0.717) is 62.4 Å². The zero-order chi connectivity index (χ0) is 25.1. The third-order valence-electron chi connectivity index (χ3n) is 6.43. The predicted octanol–water partition coefficient (Wildman–Crippen LogP) is 4.17. The molecule has 1 aromatic heterocycles.